The summed E-state index contributed by atoms with van der Waals surface area (Å²) in [6.07, 6.45) is -9.63. The molecule has 0 bridgehead atoms. The number of nitrogens with zero attached hydrogens (tertiary/aromatic N) is 1. The molecule has 0 fully saturated rings. The van der Waals surface area contributed by atoms with Gasteiger partial charge in [0, 0.05) is 27.3 Å². The lowest BCUT2D eigenvalue weighted by atomic mass is 9.90. The molecule has 1 aliphatic heterocycles. The quantitative estimate of drug-likeness (QED) is 0.199. The van der Waals surface area contributed by atoms with Crippen LogP contribution >= 0.6 is 11.6 Å². The van der Waals surface area contributed by atoms with Gasteiger partial charge in [-0.15, -0.1) is 0 Å². The summed E-state index contributed by atoms with van der Waals surface area (Å²) in [5.74, 6) is -5.19. The lowest BCUT2D eigenvalue weighted by Gasteiger charge is -2.29. The van der Waals surface area contributed by atoms with E-state index in [4.69, 9.17) is 21.1 Å². The number of fused-ring (bicyclic) bond motifs is 1. The molecule has 1 heterocycles. The van der Waals surface area contributed by atoms with Crippen LogP contribution in [-0.4, -0.2) is 54.1 Å². The molecule has 3 N–H and O–H groups in total. The van der Waals surface area contributed by atoms with Crippen molar-refractivity contribution in [3.05, 3.63) is 92.5 Å². The average Bonchev–Trinajstić information content (AvgIpc) is 3.27. The van der Waals surface area contributed by atoms with E-state index in [9.17, 15) is 50.2 Å². The summed E-state index contributed by atoms with van der Waals surface area (Å²) in [4.78, 5) is 40.3. The maximum absolute atomic E-state index is 14.4. The lowest BCUT2D eigenvalue weighted by Crippen LogP contribution is -2.41. The molecular formula is C31H27ClF7N3O6. The Bertz CT molecular complexity index is 1760. The fraction of sp³-hybridized carbons (Fsp3) is 0.323. The molecular weight excluding hydrogens is 679 g/mol. The van der Waals surface area contributed by atoms with E-state index in [0.29, 0.717) is 23.5 Å². The molecule has 0 saturated carbocycles. The van der Waals surface area contributed by atoms with E-state index in [1.165, 1.54) is 6.92 Å². The minimum atomic E-state index is -5.05. The molecule has 9 nitrogen and oxygen atoms in total. The van der Waals surface area contributed by atoms with Gasteiger partial charge in [0.1, 0.15) is 23.5 Å². The van der Waals surface area contributed by atoms with Gasteiger partial charge >= 0.3 is 12.3 Å². The Kier molecular flexibility index (Phi) is 10.5. The number of benzene rings is 3. The van der Waals surface area contributed by atoms with Gasteiger partial charge in [-0.1, -0.05) is 18.5 Å². The molecule has 0 aliphatic carbocycles. The van der Waals surface area contributed by atoms with Crippen molar-refractivity contribution in [3.8, 4) is 5.75 Å². The zero-order valence-electron chi connectivity index (χ0n) is 25.3. The molecule has 48 heavy (non-hydrogen) atoms. The van der Waals surface area contributed by atoms with Crippen LogP contribution in [0.5, 0.6) is 5.75 Å². The molecule has 2 unspecified atom stereocenters. The van der Waals surface area contributed by atoms with Crippen LogP contribution < -0.4 is 15.4 Å². The number of rotatable bonds is 10. The Morgan fingerprint density at radius 1 is 1.10 bits per heavy atom. The second-order valence-electron chi connectivity index (χ2n) is 10.7. The number of hydrogen-bond donors (Lipinski definition) is 3. The van der Waals surface area contributed by atoms with E-state index in [1.807, 2.05) is 0 Å². The average molecular weight is 706 g/mol. The molecule has 1 aliphatic rings. The van der Waals surface area contributed by atoms with Crippen molar-refractivity contribution < 1.29 is 59.7 Å². The predicted molar refractivity (Wildman–Crippen MR) is 157 cm³/mol. The first kappa shape index (κ1) is 36.3. The zero-order chi connectivity index (χ0) is 35.7. The molecule has 4 rings (SSSR count). The van der Waals surface area contributed by atoms with Crippen LogP contribution in [-0.2, 0) is 23.2 Å². The van der Waals surface area contributed by atoms with Crippen LogP contribution in [0, 0.1) is 11.6 Å². The highest BCUT2D eigenvalue weighted by atomic mass is 35.5. The van der Waals surface area contributed by atoms with Gasteiger partial charge in [0.2, 0.25) is 0 Å². The van der Waals surface area contributed by atoms with Gasteiger partial charge in [0.05, 0.1) is 37.0 Å². The van der Waals surface area contributed by atoms with Crippen molar-refractivity contribution in [3.63, 3.8) is 0 Å². The Balaban J connectivity index is 1.96. The second kappa shape index (κ2) is 13.9. The third-order valence-electron chi connectivity index (χ3n) is 7.35. The van der Waals surface area contributed by atoms with Crippen LogP contribution in [0.3, 0.4) is 0 Å². The Labute approximate surface area is 273 Å². The molecule has 0 radical (unpaired) electrons. The molecule has 17 heteroatoms. The van der Waals surface area contributed by atoms with Gasteiger partial charge < -0.3 is 25.2 Å². The minimum absolute atomic E-state index is 0.156. The van der Waals surface area contributed by atoms with E-state index in [-0.39, 0.29) is 22.4 Å². The molecule has 3 aromatic rings. The summed E-state index contributed by atoms with van der Waals surface area (Å²) < 4.78 is 107. The van der Waals surface area contributed by atoms with E-state index in [1.54, 1.807) is 6.92 Å². The summed E-state index contributed by atoms with van der Waals surface area (Å²) in [6, 6.07) is 4.74. The van der Waals surface area contributed by atoms with Crippen LogP contribution in [0.25, 0.3) is 0 Å². The number of amides is 3. The van der Waals surface area contributed by atoms with Crippen LogP contribution in [0.2, 0.25) is 5.02 Å². The number of nitrogens with one attached hydrogen (secondary N) is 2. The summed E-state index contributed by atoms with van der Waals surface area (Å²) in [5, 5.41) is 16.1. The van der Waals surface area contributed by atoms with Gasteiger partial charge in [-0.25, -0.2) is 22.4 Å². The van der Waals surface area contributed by atoms with Gasteiger partial charge in [0.15, 0.2) is 5.72 Å². The van der Waals surface area contributed by atoms with Crippen molar-refractivity contribution in [2.24, 2.45) is 0 Å². The molecule has 0 spiro atoms. The molecule has 0 aromatic heterocycles. The van der Waals surface area contributed by atoms with Gasteiger partial charge in [-0.05, 0) is 55.8 Å². The van der Waals surface area contributed by atoms with E-state index < -0.39 is 101 Å². The number of anilines is 1. The summed E-state index contributed by atoms with van der Waals surface area (Å²) in [6.45, 7) is 1.30. The maximum Gasteiger partial charge on any atom is 0.416 e. The van der Waals surface area contributed by atoms with Crippen LogP contribution in [0.1, 0.15) is 63.2 Å². The summed E-state index contributed by atoms with van der Waals surface area (Å²) >= 11 is 6.25. The highest BCUT2D eigenvalue weighted by molar-refractivity contribution is 6.31. The van der Waals surface area contributed by atoms with Crippen molar-refractivity contribution >= 4 is 35.2 Å². The number of aliphatic hydroxyl groups is 1. The van der Waals surface area contributed by atoms with Gasteiger partial charge in [-0.2, -0.15) is 13.2 Å². The van der Waals surface area contributed by atoms with E-state index >= 15 is 0 Å². The monoisotopic (exact) mass is 705 g/mol. The molecule has 3 aromatic carbocycles. The molecule has 0 saturated heterocycles. The number of ether oxygens (including phenoxy) is 2. The van der Waals surface area contributed by atoms with E-state index in [2.05, 4.69) is 10.6 Å². The van der Waals surface area contributed by atoms with Crippen LogP contribution in [0.4, 0.5) is 41.2 Å². The second-order valence-corrected chi connectivity index (χ2v) is 11.1. The molecule has 3 amide bonds. The largest absolute Gasteiger partial charge is 0.496 e. The summed E-state index contributed by atoms with van der Waals surface area (Å²) in [5.41, 5.74) is -7.34. The first-order valence-corrected chi connectivity index (χ1v) is 14.4. The normalized spacial score (nSPS) is 16.3. The SMILES string of the molecule is CCC(C)OC(=O)N(Cc1cc(NC(=O)c2cc(F)cc(C(F)(F)F)c2)c2c(c1OC)C(=O)NC2(O)c1cc(F)ccc1Cl)CC(F)F. The minimum Gasteiger partial charge on any atom is -0.496 e. The summed E-state index contributed by atoms with van der Waals surface area (Å²) in [7, 11) is 1.07. The van der Waals surface area contributed by atoms with Crippen molar-refractivity contribution in [2.45, 2.75) is 51.2 Å². The first-order chi connectivity index (χ1) is 22.4. The third kappa shape index (κ3) is 7.44. The number of hydrogen-bond acceptors (Lipinski definition) is 6. The zero-order valence-corrected chi connectivity index (χ0v) is 26.0. The van der Waals surface area contributed by atoms with Crippen molar-refractivity contribution in [1.29, 1.82) is 0 Å². The smallest absolute Gasteiger partial charge is 0.416 e. The highest BCUT2D eigenvalue weighted by Crippen LogP contribution is 2.47. The topological polar surface area (TPSA) is 117 Å². The van der Waals surface area contributed by atoms with Crippen molar-refractivity contribution in [1.82, 2.24) is 10.2 Å². The van der Waals surface area contributed by atoms with Crippen molar-refractivity contribution in [2.75, 3.05) is 19.0 Å². The standard InChI is InChI=1S/C31H27ClF7N3O6/c1-4-14(2)48-29(45)42(13-23(35)36)12-16-9-22(40-27(43)15-7-17(31(37,38)39)10-19(34)8-15)25-24(26(16)47-3)28(44)41-30(25,46)20-11-18(33)5-6-21(20)32/h5-11,14,23,46H,4,12-13H2,1-3H3,(H,40,43)(H,41,44). The lowest BCUT2D eigenvalue weighted by molar-refractivity contribution is -0.137. The number of alkyl halides is 5. The number of carbonyl (C=O) groups is 3. The Hall–Kier alpha value is -4.57. The highest BCUT2D eigenvalue weighted by Gasteiger charge is 2.49. The predicted octanol–water partition coefficient (Wildman–Crippen LogP) is 6.84. The number of methoxy groups -OCH3 is 1. The fourth-order valence-corrected chi connectivity index (χ4v) is 5.27. The third-order valence-corrected chi connectivity index (χ3v) is 7.68. The molecule has 258 valence electrons. The van der Waals surface area contributed by atoms with E-state index in [0.717, 1.165) is 31.4 Å². The maximum atomic E-state index is 14.4. The van der Waals surface area contributed by atoms with Gasteiger partial charge in [0.25, 0.3) is 18.2 Å². The number of carbonyl (C=O) groups excluding carboxylic acids is 3. The number of halogens is 8. The Morgan fingerprint density at radius 2 is 1.79 bits per heavy atom. The van der Waals surface area contributed by atoms with Crippen LogP contribution in [0.15, 0.2) is 42.5 Å². The first-order valence-electron chi connectivity index (χ1n) is 14.1. The van der Waals surface area contributed by atoms with Gasteiger partial charge in [-0.3, -0.25) is 14.5 Å². The Morgan fingerprint density at radius 3 is 2.40 bits per heavy atom. The molecule has 2 atom stereocenters. The fourth-order valence-electron chi connectivity index (χ4n) is 5.01.